The molecular weight excluding hydrogens is 318 g/mol. The number of benzene rings is 1. The van der Waals surface area contributed by atoms with E-state index in [1.54, 1.807) is 24.3 Å². The van der Waals surface area contributed by atoms with Crippen LogP contribution in [0.4, 0.5) is 8.78 Å². The second-order valence-electron chi connectivity index (χ2n) is 7.29. The second-order valence-corrected chi connectivity index (χ2v) is 7.29. The summed E-state index contributed by atoms with van der Waals surface area (Å²) in [6.45, 7) is 4.06. The minimum Gasteiger partial charge on any atom is -0.203 e. The van der Waals surface area contributed by atoms with E-state index in [1.165, 1.54) is 32.1 Å². The zero-order chi connectivity index (χ0) is 17.8. The zero-order valence-corrected chi connectivity index (χ0v) is 15.1. The van der Waals surface area contributed by atoms with Gasteiger partial charge in [0.2, 0.25) is 0 Å². The number of rotatable bonds is 5. The molecule has 2 nitrogen and oxygen atoms in total. The van der Waals surface area contributed by atoms with Crippen molar-refractivity contribution in [1.29, 1.82) is 0 Å². The van der Waals surface area contributed by atoms with E-state index in [0.717, 1.165) is 18.0 Å². The Bertz CT molecular complexity index is 705. The Hall–Kier alpha value is -1.84. The summed E-state index contributed by atoms with van der Waals surface area (Å²) in [6, 6.07) is 6.75. The first-order chi connectivity index (χ1) is 12.1. The van der Waals surface area contributed by atoms with Crippen LogP contribution in [-0.4, -0.2) is 10.2 Å². The maximum absolute atomic E-state index is 14.5. The minimum atomic E-state index is -0.814. The van der Waals surface area contributed by atoms with Gasteiger partial charge in [-0.2, -0.15) is 10.2 Å². The Kier molecular flexibility index (Phi) is 5.77. The average molecular weight is 344 g/mol. The highest BCUT2D eigenvalue weighted by Crippen LogP contribution is 2.34. The molecule has 1 aliphatic rings. The lowest BCUT2D eigenvalue weighted by Crippen LogP contribution is -2.14. The lowest BCUT2D eigenvalue weighted by Gasteiger charge is -2.27. The van der Waals surface area contributed by atoms with Crippen molar-refractivity contribution in [2.75, 3.05) is 0 Å². The summed E-state index contributed by atoms with van der Waals surface area (Å²) in [7, 11) is 0. The molecule has 1 aromatic carbocycles. The van der Waals surface area contributed by atoms with Crippen LogP contribution in [-0.2, 0) is 6.42 Å². The molecule has 4 heteroatoms. The molecule has 25 heavy (non-hydrogen) atoms. The molecule has 1 heterocycles. The molecule has 0 spiro atoms. The number of nitrogens with zero attached hydrogens (tertiary/aromatic N) is 2. The molecule has 1 saturated carbocycles. The van der Waals surface area contributed by atoms with Crippen LogP contribution in [0.25, 0.3) is 11.3 Å². The van der Waals surface area contributed by atoms with Crippen molar-refractivity contribution < 1.29 is 8.78 Å². The Balaban J connectivity index is 1.67. The molecule has 0 aliphatic heterocycles. The molecule has 0 unspecified atom stereocenters. The minimum absolute atomic E-state index is 0.178. The van der Waals surface area contributed by atoms with Gasteiger partial charge >= 0.3 is 0 Å². The van der Waals surface area contributed by atoms with E-state index in [0.29, 0.717) is 23.6 Å². The van der Waals surface area contributed by atoms with E-state index in [1.807, 2.05) is 6.92 Å². The fourth-order valence-electron chi connectivity index (χ4n) is 3.81. The van der Waals surface area contributed by atoms with Gasteiger partial charge in [-0.15, -0.1) is 0 Å². The summed E-state index contributed by atoms with van der Waals surface area (Å²) in [5.74, 6) is -0.0410. The first-order valence-electron chi connectivity index (χ1n) is 9.36. The second kappa shape index (κ2) is 8.03. The summed E-state index contributed by atoms with van der Waals surface area (Å²) in [4.78, 5) is 0. The Morgan fingerprint density at radius 3 is 2.28 bits per heavy atom. The van der Waals surface area contributed by atoms with Crippen molar-refractivity contribution in [3.63, 3.8) is 0 Å². The fourth-order valence-corrected chi connectivity index (χ4v) is 3.81. The molecule has 0 amide bonds. The van der Waals surface area contributed by atoms with Crippen molar-refractivity contribution in [3.8, 4) is 11.3 Å². The SMILES string of the molecule is CCC1CCC(CCc2ccc(-c3ccc(C)nn3)c(F)c2F)CC1. The van der Waals surface area contributed by atoms with E-state index < -0.39 is 11.6 Å². The molecule has 1 aliphatic carbocycles. The normalized spacial score (nSPS) is 20.6. The van der Waals surface area contributed by atoms with Crippen LogP contribution in [0.5, 0.6) is 0 Å². The predicted molar refractivity (Wildman–Crippen MR) is 96.2 cm³/mol. The largest absolute Gasteiger partial charge is 0.203 e. The maximum Gasteiger partial charge on any atom is 0.168 e. The first kappa shape index (κ1) is 18.0. The Labute approximate surface area is 148 Å². The van der Waals surface area contributed by atoms with E-state index in [-0.39, 0.29) is 5.56 Å². The molecule has 1 aromatic heterocycles. The standard InChI is InChI=1S/C21H26F2N2/c1-3-15-5-7-16(8-6-15)9-10-17-11-12-18(21(23)20(17)22)19-13-4-14(2)24-25-19/h4,11-13,15-16H,3,5-10H2,1-2H3. The summed E-state index contributed by atoms with van der Waals surface area (Å²) in [6.07, 6.45) is 7.81. The van der Waals surface area contributed by atoms with Crippen LogP contribution in [0.15, 0.2) is 24.3 Å². The Morgan fingerprint density at radius 1 is 0.920 bits per heavy atom. The smallest absolute Gasteiger partial charge is 0.168 e. The van der Waals surface area contributed by atoms with Crippen molar-refractivity contribution >= 4 is 0 Å². The highest BCUT2D eigenvalue weighted by molar-refractivity contribution is 5.60. The van der Waals surface area contributed by atoms with Crippen molar-refractivity contribution in [1.82, 2.24) is 10.2 Å². The Morgan fingerprint density at radius 2 is 1.64 bits per heavy atom. The van der Waals surface area contributed by atoms with Crippen molar-refractivity contribution in [2.24, 2.45) is 11.8 Å². The zero-order valence-electron chi connectivity index (χ0n) is 15.1. The highest BCUT2D eigenvalue weighted by atomic mass is 19.2. The van der Waals surface area contributed by atoms with E-state index in [9.17, 15) is 8.78 Å². The van der Waals surface area contributed by atoms with Crippen LogP contribution in [0.3, 0.4) is 0 Å². The van der Waals surface area contributed by atoms with Gasteiger partial charge in [-0.3, -0.25) is 0 Å². The van der Waals surface area contributed by atoms with Crippen molar-refractivity contribution in [2.45, 2.75) is 58.8 Å². The molecule has 0 atom stereocenters. The van der Waals surface area contributed by atoms with Gasteiger partial charge in [-0.25, -0.2) is 8.78 Å². The van der Waals surface area contributed by atoms with Crippen LogP contribution < -0.4 is 0 Å². The summed E-state index contributed by atoms with van der Waals surface area (Å²) in [5.41, 5.74) is 1.77. The number of hydrogen-bond donors (Lipinski definition) is 0. The predicted octanol–water partition coefficient (Wildman–Crippen LogP) is 5.88. The third-order valence-electron chi connectivity index (χ3n) is 5.60. The van der Waals surface area contributed by atoms with E-state index in [4.69, 9.17) is 0 Å². The fraction of sp³-hybridized carbons (Fsp3) is 0.524. The van der Waals surface area contributed by atoms with Crippen molar-refractivity contribution in [3.05, 3.63) is 47.2 Å². The molecule has 2 aromatic rings. The van der Waals surface area contributed by atoms with Gasteiger partial charge in [0.25, 0.3) is 0 Å². The molecule has 0 saturated heterocycles. The maximum atomic E-state index is 14.5. The monoisotopic (exact) mass is 344 g/mol. The first-order valence-corrected chi connectivity index (χ1v) is 9.36. The van der Waals surface area contributed by atoms with Crippen LogP contribution in [0.2, 0.25) is 0 Å². The quantitative estimate of drug-likeness (QED) is 0.677. The van der Waals surface area contributed by atoms with Crippen LogP contribution >= 0.6 is 0 Å². The van der Waals surface area contributed by atoms with E-state index >= 15 is 0 Å². The number of halogens is 2. The van der Waals surface area contributed by atoms with E-state index in [2.05, 4.69) is 17.1 Å². The molecule has 0 radical (unpaired) electrons. The molecule has 0 N–H and O–H groups in total. The van der Waals surface area contributed by atoms with Crippen LogP contribution in [0, 0.1) is 30.4 Å². The van der Waals surface area contributed by atoms with Gasteiger partial charge in [0.15, 0.2) is 11.6 Å². The van der Waals surface area contributed by atoms with Gasteiger partial charge in [-0.05, 0) is 55.4 Å². The van der Waals surface area contributed by atoms with Gasteiger partial charge in [0.05, 0.1) is 11.4 Å². The highest BCUT2D eigenvalue weighted by Gasteiger charge is 2.21. The molecule has 3 rings (SSSR count). The third-order valence-corrected chi connectivity index (χ3v) is 5.60. The number of aromatic nitrogens is 2. The molecule has 134 valence electrons. The molecule has 0 bridgehead atoms. The van der Waals surface area contributed by atoms with Gasteiger partial charge < -0.3 is 0 Å². The topological polar surface area (TPSA) is 25.8 Å². The summed E-state index contributed by atoms with van der Waals surface area (Å²) >= 11 is 0. The number of aryl methyl sites for hydroxylation is 2. The summed E-state index contributed by atoms with van der Waals surface area (Å²) in [5, 5.41) is 7.88. The lowest BCUT2D eigenvalue weighted by molar-refractivity contribution is 0.258. The molecular formula is C21H26F2N2. The van der Waals surface area contributed by atoms with Crippen LogP contribution in [0.1, 0.15) is 56.7 Å². The summed E-state index contributed by atoms with van der Waals surface area (Å²) < 4.78 is 28.9. The number of hydrogen-bond acceptors (Lipinski definition) is 2. The van der Waals surface area contributed by atoms with Gasteiger partial charge in [0, 0.05) is 5.56 Å². The average Bonchev–Trinajstić information content (AvgIpc) is 2.64. The van der Waals surface area contributed by atoms with Gasteiger partial charge in [0.1, 0.15) is 0 Å². The molecule has 1 fully saturated rings. The lowest BCUT2D eigenvalue weighted by atomic mass is 9.78. The van der Waals surface area contributed by atoms with Gasteiger partial charge in [-0.1, -0.05) is 45.1 Å². The third kappa shape index (κ3) is 4.23.